The number of nitrogens with zero attached hydrogens (tertiary/aromatic N) is 1. The van der Waals surface area contributed by atoms with E-state index in [-0.39, 0.29) is 0 Å². The molecule has 0 heterocycles. The summed E-state index contributed by atoms with van der Waals surface area (Å²) >= 11 is 3.43. The monoisotopic (exact) mass is 265 g/mol. The average Bonchev–Trinajstić information content (AvgIpc) is 2.22. The third-order valence-electron chi connectivity index (χ3n) is 2.54. The normalized spacial score (nSPS) is 12.5. The van der Waals surface area contributed by atoms with Crippen LogP contribution in [0.25, 0.3) is 0 Å². The second-order valence-corrected chi connectivity index (χ2v) is 4.71. The quantitative estimate of drug-likeness (QED) is 0.757. The highest BCUT2D eigenvalue weighted by Gasteiger charge is 2.08. The van der Waals surface area contributed by atoms with Crippen LogP contribution in [0.5, 0.6) is 0 Å². The molecule has 0 aliphatic heterocycles. The highest BCUT2D eigenvalue weighted by Crippen LogP contribution is 2.13. The lowest BCUT2D eigenvalue weighted by Crippen LogP contribution is -2.31. The molecule has 0 bridgehead atoms. The van der Waals surface area contributed by atoms with Crippen LogP contribution >= 0.6 is 15.9 Å². The molecule has 80 valence electrons. The molecule has 0 saturated heterocycles. The van der Waals surface area contributed by atoms with E-state index in [2.05, 4.69) is 65.0 Å². The fraction of sp³-hybridized carbons (Fsp3) is 0.385. The SMILES string of the molecule is C#CCN(C)C(C)Cc1ccc(Br)cc1. The van der Waals surface area contributed by atoms with Crippen molar-refractivity contribution in [1.82, 2.24) is 4.90 Å². The van der Waals surface area contributed by atoms with E-state index in [4.69, 9.17) is 6.42 Å². The molecule has 0 saturated carbocycles. The van der Waals surface area contributed by atoms with Gasteiger partial charge in [-0.25, -0.2) is 0 Å². The maximum absolute atomic E-state index is 5.28. The van der Waals surface area contributed by atoms with Gasteiger partial charge in [0.25, 0.3) is 0 Å². The fourth-order valence-corrected chi connectivity index (χ4v) is 1.68. The lowest BCUT2D eigenvalue weighted by atomic mass is 10.1. The van der Waals surface area contributed by atoms with Gasteiger partial charge in [0.2, 0.25) is 0 Å². The average molecular weight is 266 g/mol. The molecule has 0 spiro atoms. The number of hydrogen-bond donors (Lipinski definition) is 0. The predicted octanol–water partition coefficient (Wildman–Crippen LogP) is 2.95. The van der Waals surface area contributed by atoms with E-state index in [1.807, 2.05) is 0 Å². The van der Waals surface area contributed by atoms with Crippen LogP contribution in [0.2, 0.25) is 0 Å². The highest BCUT2D eigenvalue weighted by atomic mass is 79.9. The van der Waals surface area contributed by atoms with Crippen LogP contribution in [0.3, 0.4) is 0 Å². The topological polar surface area (TPSA) is 3.24 Å². The zero-order chi connectivity index (χ0) is 11.3. The standard InChI is InChI=1S/C13H16BrN/c1-4-9-15(3)11(2)10-12-5-7-13(14)8-6-12/h1,5-8,11H,9-10H2,2-3H3. The number of likely N-dealkylation sites (N-methyl/N-ethyl adjacent to an activating group) is 1. The molecule has 0 radical (unpaired) electrons. The Hall–Kier alpha value is -0.780. The van der Waals surface area contributed by atoms with Crippen molar-refractivity contribution in [2.24, 2.45) is 0 Å². The van der Waals surface area contributed by atoms with Gasteiger partial charge in [0.05, 0.1) is 6.54 Å². The van der Waals surface area contributed by atoms with Gasteiger partial charge in [0.1, 0.15) is 0 Å². The largest absolute Gasteiger partial charge is 0.292 e. The number of halogens is 1. The molecular weight excluding hydrogens is 250 g/mol. The minimum Gasteiger partial charge on any atom is -0.292 e. The molecule has 2 heteroatoms. The Morgan fingerprint density at radius 2 is 2.00 bits per heavy atom. The minimum atomic E-state index is 0.474. The van der Waals surface area contributed by atoms with E-state index >= 15 is 0 Å². The van der Waals surface area contributed by atoms with Crippen LogP contribution in [0.1, 0.15) is 12.5 Å². The first-order chi connectivity index (χ1) is 7.13. The van der Waals surface area contributed by atoms with Gasteiger partial charge in [-0.05, 0) is 38.1 Å². The third-order valence-corrected chi connectivity index (χ3v) is 3.07. The van der Waals surface area contributed by atoms with Gasteiger partial charge < -0.3 is 0 Å². The molecule has 0 fully saturated rings. The molecule has 0 aliphatic rings. The second kappa shape index (κ2) is 5.95. The number of benzene rings is 1. The van der Waals surface area contributed by atoms with Crippen LogP contribution in [0.4, 0.5) is 0 Å². The Bertz CT molecular complexity index is 337. The Morgan fingerprint density at radius 1 is 1.40 bits per heavy atom. The van der Waals surface area contributed by atoms with E-state index < -0.39 is 0 Å². The van der Waals surface area contributed by atoms with Crippen molar-refractivity contribution in [3.05, 3.63) is 34.3 Å². The van der Waals surface area contributed by atoms with Gasteiger partial charge in [-0.15, -0.1) is 6.42 Å². The molecule has 1 aromatic rings. The summed E-state index contributed by atoms with van der Waals surface area (Å²) in [4.78, 5) is 2.18. The lowest BCUT2D eigenvalue weighted by Gasteiger charge is -2.22. The summed E-state index contributed by atoms with van der Waals surface area (Å²) in [6.07, 6.45) is 6.32. The van der Waals surface area contributed by atoms with Crippen molar-refractivity contribution in [3.8, 4) is 12.3 Å². The number of terminal acetylenes is 1. The van der Waals surface area contributed by atoms with Gasteiger partial charge >= 0.3 is 0 Å². The molecule has 0 aromatic heterocycles. The van der Waals surface area contributed by atoms with E-state index in [1.165, 1.54) is 5.56 Å². The molecule has 0 N–H and O–H groups in total. The fourth-order valence-electron chi connectivity index (χ4n) is 1.42. The van der Waals surface area contributed by atoms with Crippen LogP contribution in [0, 0.1) is 12.3 Å². The zero-order valence-corrected chi connectivity index (χ0v) is 10.8. The molecule has 0 amide bonds. The van der Waals surface area contributed by atoms with Gasteiger partial charge in [-0.2, -0.15) is 0 Å². The summed E-state index contributed by atoms with van der Waals surface area (Å²) in [5, 5.41) is 0. The summed E-state index contributed by atoms with van der Waals surface area (Å²) < 4.78 is 1.12. The molecule has 1 aromatic carbocycles. The molecule has 1 unspecified atom stereocenters. The van der Waals surface area contributed by atoms with Crippen molar-refractivity contribution in [3.63, 3.8) is 0 Å². The first-order valence-electron chi connectivity index (χ1n) is 5.01. The van der Waals surface area contributed by atoms with Crippen molar-refractivity contribution in [1.29, 1.82) is 0 Å². The summed E-state index contributed by atoms with van der Waals surface area (Å²) in [6, 6.07) is 8.91. The summed E-state index contributed by atoms with van der Waals surface area (Å²) in [7, 11) is 2.06. The van der Waals surface area contributed by atoms with Crippen molar-refractivity contribution in [2.45, 2.75) is 19.4 Å². The molecule has 15 heavy (non-hydrogen) atoms. The molecule has 0 aliphatic carbocycles. The first kappa shape index (κ1) is 12.3. The van der Waals surface area contributed by atoms with Crippen LogP contribution < -0.4 is 0 Å². The van der Waals surface area contributed by atoms with Crippen molar-refractivity contribution >= 4 is 15.9 Å². The number of hydrogen-bond acceptors (Lipinski definition) is 1. The van der Waals surface area contributed by atoms with E-state index in [0.29, 0.717) is 12.6 Å². The molecule has 1 rings (SSSR count). The maximum Gasteiger partial charge on any atom is 0.0598 e. The Morgan fingerprint density at radius 3 is 2.53 bits per heavy atom. The molecule has 1 nitrogen and oxygen atoms in total. The van der Waals surface area contributed by atoms with E-state index in [0.717, 1.165) is 10.9 Å². The molecule has 1 atom stereocenters. The zero-order valence-electron chi connectivity index (χ0n) is 9.20. The van der Waals surface area contributed by atoms with Crippen LogP contribution in [0.15, 0.2) is 28.7 Å². The summed E-state index contributed by atoms with van der Waals surface area (Å²) in [5.74, 6) is 2.66. The summed E-state index contributed by atoms with van der Waals surface area (Å²) in [6.45, 7) is 2.90. The maximum atomic E-state index is 5.28. The van der Waals surface area contributed by atoms with Crippen LogP contribution in [-0.2, 0) is 6.42 Å². The second-order valence-electron chi connectivity index (χ2n) is 3.80. The van der Waals surface area contributed by atoms with Crippen LogP contribution in [-0.4, -0.2) is 24.5 Å². The van der Waals surface area contributed by atoms with Gasteiger partial charge in [-0.1, -0.05) is 34.0 Å². The first-order valence-corrected chi connectivity index (χ1v) is 5.81. The highest BCUT2D eigenvalue weighted by molar-refractivity contribution is 9.10. The van der Waals surface area contributed by atoms with Gasteiger partial charge in [-0.3, -0.25) is 4.90 Å². The lowest BCUT2D eigenvalue weighted by molar-refractivity contribution is 0.287. The Kier molecular flexibility index (Phi) is 4.87. The minimum absolute atomic E-state index is 0.474. The Labute approximate surface area is 101 Å². The van der Waals surface area contributed by atoms with E-state index in [1.54, 1.807) is 0 Å². The van der Waals surface area contributed by atoms with Gasteiger partial charge in [0, 0.05) is 10.5 Å². The summed E-state index contributed by atoms with van der Waals surface area (Å²) in [5.41, 5.74) is 1.34. The predicted molar refractivity (Wildman–Crippen MR) is 68.8 cm³/mol. The number of rotatable bonds is 4. The van der Waals surface area contributed by atoms with E-state index in [9.17, 15) is 0 Å². The van der Waals surface area contributed by atoms with Crippen molar-refractivity contribution in [2.75, 3.05) is 13.6 Å². The van der Waals surface area contributed by atoms with Crippen molar-refractivity contribution < 1.29 is 0 Å². The third kappa shape index (κ3) is 4.07. The smallest absolute Gasteiger partial charge is 0.0598 e. The Balaban J connectivity index is 2.55. The van der Waals surface area contributed by atoms with Gasteiger partial charge in [0.15, 0.2) is 0 Å². The molecular formula is C13H16BrN.